The Kier molecular flexibility index (Phi) is 5.79. The molecule has 1 N–H and O–H groups in total. The summed E-state index contributed by atoms with van der Waals surface area (Å²) in [5, 5.41) is 0. The molecular weight excluding hydrogens is 392 g/mol. The van der Waals surface area contributed by atoms with E-state index in [4.69, 9.17) is 0 Å². The molecule has 1 saturated heterocycles. The van der Waals surface area contributed by atoms with Crippen LogP contribution in [0.25, 0.3) is 0 Å². The Bertz CT molecular complexity index is 936. The average molecular weight is 423 g/mol. The molecule has 4 rings (SSSR count). The van der Waals surface area contributed by atoms with Gasteiger partial charge in [-0.25, -0.2) is 13.4 Å². The van der Waals surface area contributed by atoms with Crippen molar-refractivity contribution < 1.29 is 13.2 Å². The van der Waals surface area contributed by atoms with Crippen molar-refractivity contribution in [1.82, 2.24) is 19.2 Å². The summed E-state index contributed by atoms with van der Waals surface area (Å²) in [6.07, 6.45) is 9.00. The zero-order chi connectivity index (χ0) is 20.6. The molecule has 9 heteroatoms. The van der Waals surface area contributed by atoms with Gasteiger partial charge < -0.3 is 9.88 Å². The highest BCUT2D eigenvalue weighted by Gasteiger charge is 2.32. The first-order chi connectivity index (χ1) is 13.8. The van der Waals surface area contributed by atoms with Gasteiger partial charge in [0.05, 0.1) is 18.5 Å². The summed E-state index contributed by atoms with van der Waals surface area (Å²) < 4.78 is 25.1. The number of aromatic nitrogens is 2. The molecule has 0 radical (unpaired) electrons. The first-order valence-corrected chi connectivity index (χ1v) is 12.5. The van der Waals surface area contributed by atoms with Crippen LogP contribution in [0.2, 0.25) is 0 Å². The molecule has 1 amide bonds. The van der Waals surface area contributed by atoms with Crippen LogP contribution in [0, 0.1) is 5.92 Å². The molecule has 8 nitrogen and oxygen atoms in total. The van der Waals surface area contributed by atoms with Crippen LogP contribution in [0.15, 0.2) is 4.79 Å². The van der Waals surface area contributed by atoms with Crippen LogP contribution in [0.4, 0.5) is 0 Å². The summed E-state index contributed by atoms with van der Waals surface area (Å²) in [4.78, 5) is 34.7. The van der Waals surface area contributed by atoms with Crippen molar-refractivity contribution in [2.75, 3.05) is 25.9 Å². The van der Waals surface area contributed by atoms with E-state index in [2.05, 4.69) is 9.97 Å². The smallest absolute Gasteiger partial charge is 0.254 e. The van der Waals surface area contributed by atoms with Gasteiger partial charge in [0.2, 0.25) is 15.9 Å². The molecule has 1 aromatic heterocycles. The SMILES string of the molecule is CS(=O)(=O)N1CCc2c(nc(C3CCN(C(=O)CC4CCCCC4)C3)[nH]c2=O)C1. The van der Waals surface area contributed by atoms with E-state index in [0.717, 1.165) is 19.3 Å². The highest BCUT2D eigenvalue weighted by molar-refractivity contribution is 7.88. The average Bonchev–Trinajstić information content (AvgIpc) is 3.18. The van der Waals surface area contributed by atoms with Crippen molar-refractivity contribution in [2.24, 2.45) is 5.92 Å². The molecule has 2 fully saturated rings. The van der Waals surface area contributed by atoms with Gasteiger partial charge in [-0.3, -0.25) is 9.59 Å². The number of H-pyrrole nitrogens is 1. The second-order valence-electron chi connectivity index (χ2n) is 8.76. The number of hydrogen-bond donors (Lipinski definition) is 1. The molecule has 29 heavy (non-hydrogen) atoms. The Morgan fingerprint density at radius 1 is 1.17 bits per heavy atom. The van der Waals surface area contributed by atoms with E-state index in [1.165, 1.54) is 29.8 Å². The van der Waals surface area contributed by atoms with E-state index < -0.39 is 10.0 Å². The molecule has 2 aliphatic heterocycles. The summed E-state index contributed by atoms with van der Waals surface area (Å²) in [5.41, 5.74) is 0.953. The van der Waals surface area contributed by atoms with Crippen LogP contribution in [-0.4, -0.2) is 59.4 Å². The van der Waals surface area contributed by atoms with Crippen molar-refractivity contribution in [3.8, 4) is 0 Å². The monoisotopic (exact) mass is 422 g/mol. The van der Waals surface area contributed by atoms with Gasteiger partial charge in [-0.05, 0) is 31.6 Å². The lowest BCUT2D eigenvalue weighted by atomic mass is 9.87. The molecule has 3 aliphatic rings. The number of hydrogen-bond acceptors (Lipinski definition) is 5. The molecule has 160 valence electrons. The molecular formula is C20H30N4O4S. The maximum Gasteiger partial charge on any atom is 0.254 e. The third-order valence-electron chi connectivity index (χ3n) is 6.64. The number of nitrogens with zero attached hydrogens (tertiary/aromatic N) is 3. The van der Waals surface area contributed by atoms with E-state index in [1.54, 1.807) is 0 Å². The molecule has 1 aromatic rings. The Labute approximate surface area is 171 Å². The van der Waals surface area contributed by atoms with Gasteiger partial charge in [-0.1, -0.05) is 19.3 Å². The molecule has 0 bridgehead atoms. The molecule has 1 aliphatic carbocycles. The van der Waals surface area contributed by atoms with Crippen molar-refractivity contribution in [1.29, 1.82) is 0 Å². The maximum atomic E-state index is 12.7. The number of likely N-dealkylation sites (tertiary alicyclic amines) is 1. The number of sulfonamides is 1. The van der Waals surface area contributed by atoms with Gasteiger partial charge >= 0.3 is 0 Å². The molecule has 0 aromatic carbocycles. The van der Waals surface area contributed by atoms with Gasteiger partial charge in [-0.15, -0.1) is 0 Å². The number of aromatic amines is 1. The van der Waals surface area contributed by atoms with E-state index in [0.29, 0.717) is 55.5 Å². The molecule has 3 heterocycles. The van der Waals surface area contributed by atoms with Crippen LogP contribution in [-0.2, 0) is 27.8 Å². The fraction of sp³-hybridized carbons (Fsp3) is 0.750. The third kappa shape index (κ3) is 4.55. The second-order valence-corrected chi connectivity index (χ2v) is 10.7. The largest absolute Gasteiger partial charge is 0.342 e. The number of carbonyl (C=O) groups excluding carboxylic acids is 1. The molecule has 1 atom stereocenters. The quantitative estimate of drug-likeness (QED) is 0.789. The first-order valence-electron chi connectivity index (χ1n) is 10.7. The minimum absolute atomic E-state index is 0.00286. The van der Waals surface area contributed by atoms with E-state index in [1.807, 2.05) is 4.90 Å². The lowest BCUT2D eigenvalue weighted by Gasteiger charge is -2.26. The highest BCUT2D eigenvalue weighted by Crippen LogP contribution is 2.30. The van der Waals surface area contributed by atoms with Gasteiger partial charge in [-0.2, -0.15) is 4.31 Å². The minimum atomic E-state index is -3.32. The number of rotatable bonds is 4. The topological polar surface area (TPSA) is 103 Å². The van der Waals surface area contributed by atoms with E-state index in [9.17, 15) is 18.0 Å². The normalized spacial score (nSPS) is 23.9. The van der Waals surface area contributed by atoms with Crippen molar-refractivity contribution in [3.05, 3.63) is 27.4 Å². The van der Waals surface area contributed by atoms with Crippen LogP contribution in [0.3, 0.4) is 0 Å². The van der Waals surface area contributed by atoms with Crippen LogP contribution < -0.4 is 5.56 Å². The molecule has 0 spiro atoms. The third-order valence-corrected chi connectivity index (χ3v) is 7.89. The predicted octanol–water partition coefficient (Wildman–Crippen LogP) is 1.37. The van der Waals surface area contributed by atoms with Crippen LogP contribution in [0.1, 0.15) is 67.9 Å². The summed E-state index contributed by atoms with van der Waals surface area (Å²) >= 11 is 0. The van der Waals surface area contributed by atoms with Crippen LogP contribution >= 0.6 is 0 Å². The van der Waals surface area contributed by atoms with Crippen LogP contribution in [0.5, 0.6) is 0 Å². The van der Waals surface area contributed by atoms with E-state index in [-0.39, 0.29) is 23.9 Å². The standard InChI is InChI=1S/C20H30N4O4S/c1-29(27,28)24-10-8-16-17(13-24)21-19(22-20(16)26)15-7-9-23(12-15)18(25)11-14-5-3-2-4-6-14/h14-15H,2-13H2,1H3,(H,21,22,26). The highest BCUT2D eigenvalue weighted by atomic mass is 32.2. The fourth-order valence-electron chi connectivity index (χ4n) is 4.89. The van der Waals surface area contributed by atoms with Gasteiger partial charge in [0.15, 0.2) is 0 Å². The van der Waals surface area contributed by atoms with Crippen molar-refractivity contribution in [2.45, 2.75) is 63.8 Å². The Morgan fingerprint density at radius 3 is 2.66 bits per heavy atom. The summed E-state index contributed by atoms with van der Waals surface area (Å²) in [7, 11) is -3.32. The van der Waals surface area contributed by atoms with E-state index >= 15 is 0 Å². The maximum absolute atomic E-state index is 12.7. The number of fused-ring (bicyclic) bond motifs is 1. The Balaban J connectivity index is 1.45. The predicted molar refractivity (Wildman–Crippen MR) is 109 cm³/mol. The zero-order valence-corrected chi connectivity index (χ0v) is 17.8. The fourth-order valence-corrected chi connectivity index (χ4v) is 5.67. The Morgan fingerprint density at radius 2 is 1.93 bits per heavy atom. The number of amides is 1. The number of nitrogens with one attached hydrogen (secondary N) is 1. The first kappa shape index (κ1) is 20.5. The molecule has 1 unspecified atom stereocenters. The summed E-state index contributed by atoms with van der Waals surface area (Å²) in [6.45, 7) is 1.71. The van der Waals surface area contributed by atoms with Crippen molar-refractivity contribution >= 4 is 15.9 Å². The van der Waals surface area contributed by atoms with Gasteiger partial charge in [0.1, 0.15) is 5.82 Å². The molecule has 1 saturated carbocycles. The Hall–Kier alpha value is -1.74. The summed E-state index contributed by atoms with van der Waals surface area (Å²) in [5.74, 6) is 1.30. The second kappa shape index (κ2) is 8.18. The zero-order valence-electron chi connectivity index (χ0n) is 17.0. The van der Waals surface area contributed by atoms with Crippen molar-refractivity contribution in [3.63, 3.8) is 0 Å². The lowest BCUT2D eigenvalue weighted by Crippen LogP contribution is -2.39. The van der Waals surface area contributed by atoms with Gasteiger partial charge in [0.25, 0.3) is 5.56 Å². The summed E-state index contributed by atoms with van der Waals surface area (Å²) in [6, 6.07) is 0. The number of carbonyl (C=O) groups is 1. The lowest BCUT2D eigenvalue weighted by molar-refractivity contribution is -0.131. The minimum Gasteiger partial charge on any atom is -0.342 e. The van der Waals surface area contributed by atoms with Gasteiger partial charge in [0, 0.05) is 37.5 Å².